The van der Waals surface area contributed by atoms with E-state index in [9.17, 15) is 13.2 Å². The second kappa shape index (κ2) is 7.21. The number of hydrogen-bond acceptors (Lipinski definition) is 4. The van der Waals surface area contributed by atoms with Crippen LogP contribution in [0.5, 0.6) is 0 Å². The van der Waals surface area contributed by atoms with Crippen LogP contribution in [0.3, 0.4) is 0 Å². The van der Waals surface area contributed by atoms with Crippen LogP contribution in [0.15, 0.2) is 29.2 Å². The molecule has 2 rings (SSSR count). The number of hydrogen-bond donors (Lipinski definition) is 1. The first-order valence-electron chi connectivity index (χ1n) is 8.27. The van der Waals surface area contributed by atoms with Crippen LogP contribution < -0.4 is 5.73 Å². The predicted octanol–water partition coefficient (Wildman–Crippen LogP) is 1.52. The SMILES string of the molecule is CC1CC(CN)CN1C(=O)c1ccc(S(=O)(=O)N(C)C(C)C)cc1. The third-order valence-electron chi connectivity index (χ3n) is 4.76. The highest BCUT2D eigenvalue weighted by molar-refractivity contribution is 7.89. The number of sulfonamides is 1. The van der Waals surface area contributed by atoms with Crippen LogP contribution in [0.25, 0.3) is 0 Å². The van der Waals surface area contributed by atoms with Crippen LogP contribution in [-0.4, -0.2) is 55.8 Å². The molecule has 2 unspecified atom stereocenters. The number of likely N-dealkylation sites (tertiary alicyclic amines) is 1. The van der Waals surface area contributed by atoms with Crippen molar-refractivity contribution in [1.29, 1.82) is 0 Å². The lowest BCUT2D eigenvalue weighted by molar-refractivity contribution is 0.0743. The second-order valence-electron chi connectivity index (χ2n) is 6.78. The summed E-state index contributed by atoms with van der Waals surface area (Å²) < 4.78 is 26.2. The fourth-order valence-corrected chi connectivity index (χ4v) is 4.34. The minimum Gasteiger partial charge on any atom is -0.336 e. The van der Waals surface area contributed by atoms with Crippen molar-refractivity contribution in [2.24, 2.45) is 11.7 Å². The van der Waals surface area contributed by atoms with Gasteiger partial charge in [-0.15, -0.1) is 0 Å². The highest BCUT2D eigenvalue weighted by Crippen LogP contribution is 2.25. The van der Waals surface area contributed by atoms with E-state index in [0.717, 1.165) is 6.42 Å². The van der Waals surface area contributed by atoms with E-state index in [2.05, 4.69) is 0 Å². The number of carbonyl (C=O) groups is 1. The summed E-state index contributed by atoms with van der Waals surface area (Å²) in [6.07, 6.45) is 0.911. The number of benzene rings is 1. The highest BCUT2D eigenvalue weighted by atomic mass is 32.2. The minimum atomic E-state index is -3.53. The van der Waals surface area contributed by atoms with E-state index in [1.165, 1.54) is 16.4 Å². The van der Waals surface area contributed by atoms with Gasteiger partial charge in [-0.3, -0.25) is 4.79 Å². The van der Waals surface area contributed by atoms with Gasteiger partial charge in [-0.05, 0) is 63.9 Å². The first-order chi connectivity index (χ1) is 11.2. The molecule has 0 spiro atoms. The molecule has 2 N–H and O–H groups in total. The van der Waals surface area contributed by atoms with Gasteiger partial charge in [0.25, 0.3) is 5.91 Å². The first kappa shape index (κ1) is 18.9. The quantitative estimate of drug-likeness (QED) is 0.870. The zero-order chi connectivity index (χ0) is 18.1. The molecule has 1 aliphatic rings. The Morgan fingerprint density at radius 3 is 2.38 bits per heavy atom. The lowest BCUT2D eigenvalue weighted by Gasteiger charge is -2.23. The molecule has 2 atom stereocenters. The maximum Gasteiger partial charge on any atom is 0.254 e. The summed E-state index contributed by atoms with van der Waals surface area (Å²) >= 11 is 0. The van der Waals surface area contributed by atoms with Gasteiger partial charge in [-0.1, -0.05) is 0 Å². The molecule has 0 saturated carbocycles. The monoisotopic (exact) mass is 353 g/mol. The third-order valence-corrected chi connectivity index (χ3v) is 6.81. The van der Waals surface area contributed by atoms with E-state index < -0.39 is 10.0 Å². The van der Waals surface area contributed by atoms with Crippen LogP contribution in [0.2, 0.25) is 0 Å². The Labute approximate surface area is 144 Å². The van der Waals surface area contributed by atoms with Gasteiger partial charge in [-0.2, -0.15) is 4.31 Å². The van der Waals surface area contributed by atoms with Gasteiger partial charge in [0, 0.05) is 31.2 Å². The van der Waals surface area contributed by atoms with Crippen molar-refractivity contribution in [3.8, 4) is 0 Å². The Kier molecular flexibility index (Phi) is 5.67. The van der Waals surface area contributed by atoms with Gasteiger partial charge >= 0.3 is 0 Å². The molecular formula is C17H27N3O3S. The molecule has 134 valence electrons. The lowest BCUT2D eigenvalue weighted by Crippen LogP contribution is -2.34. The molecule has 24 heavy (non-hydrogen) atoms. The van der Waals surface area contributed by atoms with E-state index in [-0.39, 0.29) is 22.9 Å². The van der Waals surface area contributed by atoms with E-state index >= 15 is 0 Å². The molecule has 1 aliphatic heterocycles. The predicted molar refractivity (Wildman–Crippen MR) is 94.2 cm³/mol. The summed E-state index contributed by atoms with van der Waals surface area (Å²) in [7, 11) is -1.98. The molecule has 0 radical (unpaired) electrons. The van der Waals surface area contributed by atoms with Crippen molar-refractivity contribution in [3.63, 3.8) is 0 Å². The molecule has 0 aliphatic carbocycles. The Hall–Kier alpha value is -1.44. The largest absolute Gasteiger partial charge is 0.336 e. The Morgan fingerprint density at radius 1 is 1.33 bits per heavy atom. The summed E-state index contributed by atoms with van der Waals surface area (Å²) in [6.45, 7) is 6.89. The molecule has 0 aromatic heterocycles. The van der Waals surface area contributed by atoms with Crippen molar-refractivity contribution in [2.45, 2.75) is 44.2 Å². The van der Waals surface area contributed by atoms with Crippen molar-refractivity contribution in [2.75, 3.05) is 20.1 Å². The second-order valence-corrected chi connectivity index (χ2v) is 8.78. The van der Waals surface area contributed by atoms with Crippen molar-refractivity contribution in [1.82, 2.24) is 9.21 Å². The van der Waals surface area contributed by atoms with Crippen LogP contribution in [0.1, 0.15) is 37.6 Å². The van der Waals surface area contributed by atoms with Gasteiger partial charge in [0.15, 0.2) is 0 Å². The molecule has 1 aromatic carbocycles. The average molecular weight is 353 g/mol. The molecule has 7 heteroatoms. The fourth-order valence-electron chi connectivity index (χ4n) is 2.98. The smallest absolute Gasteiger partial charge is 0.254 e. The van der Waals surface area contributed by atoms with E-state index in [1.807, 2.05) is 25.7 Å². The molecular weight excluding hydrogens is 326 g/mol. The first-order valence-corrected chi connectivity index (χ1v) is 9.71. The van der Waals surface area contributed by atoms with Crippen LogP contribution in [-0.2, 0) is 10.0 Å². The number of nitrogens with zero attached hydrogens (tertiary/aromatic N) is 2. The Morgan fingerprint density at radius 2 is 1.92 bits per heavy atom. The topological polar surface area (TPSA) is 83.7 Å². The third kappa shape index (κ3) is 3.63. The molecule has 1 amide bonds. The molecule has 1 saturated heterocycles. The summed E-state index contributed by atoms with van der Waals surface area (Å²) in [6, 6.07) is 6.21. The number of nitrogens with two attached hydrogens (primary N) is 1. The van der Waals surface area contributed by atoms with Crippen molar-refractivity contribution < 1.29 is 13.2 Å². The van der Waals surface area contributed by atoms with Gasteiger partial charge in [-0.25, -0.2) is 8.42 Å². The summed E-state index contributed by atoms with van der Waals surface area (Å²) in [5, 5.41) is 0. The Bertz CT molecular complexity index is 686. The van der Waals surface area contributed by atoms with Gasteiger partial charge in [0.2, 0.25) is 10.0 Å². The van der Waals surface area contributed by atoms with E-state index in [4.69, 9.17) is 5.73 Å². The summed E-state index contributed by atoms with van der Waals surface area (Å²) in [4.78, 5) is 14.7. The highest BCUT2D eigenvalue weighted by Gasteiger charge is 2.32. The minimum absolute atomic E-state index is 0.0698. The summed E-state index contributed by atoms with van der Waals surface area (Å²) in [5.41, 5.74) is 6.21. The van der Waals surface area contributed by atoms with E-state index in [1.54, 1.807) is 19.2 Å². The summed E-state index contributed by atoms with van der Waals surface area (Å²) in [5.74, 6) is 0.267. The molecule has 1 fully saturated rings. The van der Waals surface area contributed by atoms with E-state index in [0.29, 0.717) is 24.6 Å². The number of rotatable bonds is 5. The molecule has 0 bridgehead atoms. The average Bonchev–Trinajstić information content (AvgIpc) is 2.94. The zero-order valence-corrected chi connectivity index (χ0v) is 15.6. The zero-order valence-electron chi connectivity index (χ0n) is 14.8. The normalized spacial score (nSPS) is 21.7. The Balaban J connectivity index is 2.19. The lowest BCUT2D eigenvalue weighted by atomic mass is 10.1. The van der Waals surface area contributed by atoms with Gasteiger partial charge in [0.1, 0.15) is 0 Å². The molecule has 6 nitrogen and oxygen atoms in total. The van der Waals surface area contributed by atoms with Crippen LogP contribution in [0, 0.1) is 5.92 Å². The van der Waals surface area contributed by atoms with Crippen molar-refractivity contribution >= 4 is 15.9 Å². The van der Waals surface area contributed by atoms with Crippen LogP contribution >= 0.6 is 0 Å². The van der Waals surface area contributed by atoms with Gasteiger partial charge in [0.05, 0.1) is 4.90 Å². The number of carbonyl (C=O) groups excluding carboxylic acids is 1. The standard InChI is InChI=1S/C17H27N3O3S/c1-12(2)19(4)24(22,23)16-7-5-15(6-8-16)17(21)20-11-14(10-18)9-13(20)3/h5-8,12-14H,9-11,18H2,1-4H3. The molecule has 1 aromatic rings. The maximum atomic E-state index is 12.6. The number of amides is 1. The van der Waals surface area contributed by atoms with Crippen molar-refractivity contribution in [3.05, 3.63) is 29.8 Å². The fraction of sp³-hybridized carbons (Fsp3) is 0.588. The maximum absolute atomic E-state index is 12.6. The van der Waals surface area contributed by atoms with Gasteiger partial charge < -0.3 is 10.6 Å². The molecule has 1 heterocycles. The van der Waals surface area contributed by atoms with Crippen LogP contribution in [0.4, 0.5) is 0 Å².